The fourth-order valence-corrected chi connectivity index (χ4v) is 2.75. The highest BCUT2D eigenvalue weighted by atomic mass is 79.9. The molecule has 2 aromatic rings. The molecule has 2 aromatic carbocycles. The lowest BCUT2D eigenvalue weighted by Gasteiger charge is -2.14. The van der Waals surface area contributed by atoms with Crippen molar-refractivity contribution in [3.05, 3.63) is 52.0 Å². The van der Waals surface area contributed by atoms with Crippen LogP contribution < -0.4 is 14.8 Å². The van der Waals surface area contributed by atoms with Gasteiger partial charge in [-0.25, -0.2) is 0 Å². The lowest BCUT2D eigenvalue weighted by atomic mass is 10.1. The SMILES string of the molecule is CCCOc1c(Br)cc(C(=O)Nc2ccc(CC#N)cc2)cc1OC. The second-order valence-electron chi connectivity index (χ2n) is 5.32. The number of amides is 1. The molecule has 0 spiro atoms. The van der Waals surface area contributed by atoms with Crippen LogP contribution in [0.1, 0.15) is 29.3 Å². The van der Waals surface area contributed by atoms with Crippen molar-refractivity contribution in [2.24, 2.45) is 0 Å². The third kappa shape index (κ3) is 4.97. The van der Waals surface area contributed by atoms with Crippen LogP contribution >= 0.6 is 15.9 Å². The summed E-state index contributed by atoms with van der Waals surface area (Å²) >= 11 is 3.43. The molecule has 1 amide bonds. The van der Waals surface area contributed by atoms with Crippen LogP contribution in [0.5, 0.6) is 11.5 Å². The number of carbonyl (C=O) groups excluding carboxylic acids is 1. The average molecular weight is 403 g/mol. The van der Waals surface area contributed by atoms with E-state index in [4.69, 9.17) is 14.7 Å². The molecule has 0 radical (unpaired) electrons. The Labute approximate surface area is 155 Å². The Morgan fingerprint density at radius 2 is 2.00 bits per heavy atom. The molecule has 0 atom stereocenters. The topological polar surface area (TPSA) is 71.3 Å². The summed E-state index contributed by atoms with van der Waals surface area (Å²) in [7, 11) is 1.54. The molecule has 5 nitrogen and oxygen atoms in total. The van der Waals surface area contributed by atoms with Gasteiger partial charge in [0.25, 0.3) is 5.91 Å². The number of benzene rings is 2. The van der Waals surface area contributed by atoms with Crippen LogP contribution in [0.15, 0.2) is 40.9 Å². The third-order valence-electron chi connectivity index (χ3n) is 3.44. The number of rotatable bonds is 7. The molecular weight excluding hydrogens is 384 g/mol. The Hall–Kier alpha value is -2.52. The Kier molecular flexibility index (Phi) is 6.84. The number of hydrogen-bond acceptors (Lipinski definition) is 4. The predicted molar refractivity (Wildman–Crippen MR) is 100 cm³/mol. The maximum atomic E-state index is 12.5. The minimum absolute atomic E-state index is 0.255. The van der Waals surface area contributed by atoms with Crippen LogP contribution in [-0.4, -0.2) is 19.6 Å². The first-order valence-electron chi connectivity index (χ1n) is 7.86. The van der Waals surface area contributed by atoms with Crippen LogP contribution in [0.25, 0.3) is 0 Å². The van der Waals surface area contributed by atoms with Crippen molar-refractivity contribution in [1.82, 2.24) is 0 Å². The van der Waals surface area contributed by atoms with Crippen LogP contribution in [-0.2, 0) is 6.42 Å². The summed E-state index contributed by atoms with van der Waals surface area (Å²) in [6.07, 6.45) is 1.22. The third-order valence-corrected chi connectivity index (χ3v) is 4.03. The van der Waals surface area contributed by atoms with Gasteiger partial charge in [0.05, 0.1) is 30.7 Å². The maximum Gasteiger partial charge on any atom is 0.255 e. The molecule has 0 aromatic heterocycles. The van der Waals surface area contributed by atoms with E-state index in [1.165, 1.54) is 7.11 Å². The van der Waals surface area contributed by atoms with E-state index in [1.54, 1.807) is 24.3 Å². The first-order valence-corrected chi connectivity index (χ1v) is 8.66. The summed E-state index contributed by atoms with van der Waals surface area (Å²) in [5, 5.41) is 11.5. The van der Waals surface area contributed by atoms with Crippen molar-refractivity contribution in [1.29, 1.82) is 5.26 Å². The Bertz CT molecular complexity index is 782. The van der Waals surface area contributed by atoms with Gasteiger partial charge < -0.3 is 14.8 Å². The average Bonchev–Trinajstić information content (AvgIpc) is 2.62. The molecule has 0 saturated heterocycles. The second-order valence-corrected chi connectivity index (χ2v) is 6.18. The van der Waals surface area contributed by atoms with E-state index in [9.17, 15) is 4.79 Å². The van der Waals surface area contributed by atoms with Gasteiger partial charge in [0, 0.05) is 11.3 Å². The Balaban J connectivity index is 2.18. The molecule has 0 unspecified atom stereocenters. The summed E-state index contributed by atoms with van der Waals surface area (Å²) in [5.41, 5.74) is 2.02. The minimum atomic E-state index is -0.255. The Morgan fingerprint density at radius 1 is 1.28 bits per heavy atom. The van der Waals surface area contributed by atoms with Gasteiger partial charge in [-0.2, -0.15) is 5.26 Å². The molecular formula is C19H19BrN2O3. The van der Waals surface area contributed by atoms with Crippen LogP contribution in [0.2, 0.25) is 0 Å². The zero-order valence-electron chi connectivity index (χ0n) is 14.1. The summed E-state index contributed by atoms with van der Waals surface area (Å²) in [6, 6.07) is 12.6. The first-order chi connectivity index (χ1) is 12.1. The van der Waals surface area contributed by atoms with E-state index in [0.29, 0.717) is 40.3 Å². The molecule has 2 rings (SSSR count). The van der Waals surface area contributed by atoms with Crippen molar-refractivity contribution in [3.8, 4) is 17.6 Å². The molecule has 0 bridgehead atoms. The molecule has 0 aliphatic carbocycles. The summed E-state index contributed by atoms with van der Waals surface area (Å²) in [5.74, 6) is 0.827. The number of halogens is 1. The highest BCUT2D eigenvalue weighted by Gasteiger charge is 2.15. The van der Waals surface area contributed by atoms with E-state index in [0.717, 1.165) is 12.0 Å². The van der Waals surface area contributed by atoms with Gasteiger partial charge in [0.2, 0.25) is 0 Å². The minimum Gasteiger partial charge on any atom is -0.493 e. The normalized spacial score (nSPS) is 10.0. The number of hydrogen-bond donors (Lipinski definition) is 1. The number of methoxy groups -OCH3 is 1. The van der Waals surface area contributed by atoms with Gasteiger partial charge in [-0.15, -0.1) is 0 Å². The molecule has 0 aliphatic rings. The number of nitriles is 1. The van der Waals surface area contributed by atoms with Crippen molar-refractivity contribution in [2.75, 3.05) is 19.0 Å². The Morgan fingerprint density at radius 3 is 2.60 bits per heavy atom. The number of anilines is 1. The van der Waals surface area contributed by atoms with E-state index in [2.05, 4.69) is 27.3 Å². The van der Waals surface area contributed by atoms with E-state index < -0.39 is 0 Å². The van der Waals surface area contributed by atoms with E-state index in [1.807, 2.05) is 19.1 Å². The van der Waals surface area contributed by atoms with Gasteiger partial charge in [0.1, 0.15) is 0 Å². The van der Waals surface area contributed by atoms with Gasteiger partial charge in [-0.3, -0.25) is 4.79 Å². The zero-order valence-corrected chi connectivity index (χ0v) is 15.7. The van der Waals surface area contributed by atoms with Gasteiger partial charge in [-0.05, 0) is 52.2 Å². The van der Waals surface area contributed by atoms with E-state index in [-0.39, 0.29) is 5.91 Å². The number of ether oxygens (including phenoxy) is 2. The fraction of sp³-hybridized carbons (Fsp3) is 0.263. The summed E-state index contributed by atoms with van der Waals surface area (Å²) < 4.78 is 11.7. The number of carbonyl (C=O) groups is 1. The van der Waals surface area contributed by atoms with Crippen molar-refractivity contribution < 1.29 is 14.3 Å². The highest BCUT2D eigenvalue weighted by Crippen LogP contribution is 2.37. The fourth-order valence-electron chi connectivity index (χ4n) is 2.20. The molecule has 0 aliphatic heterocycles. The first kappa shape index (κ1) is 18.8. The van der Waals surface area contributed by atoms with E-state index >= 15 is 0 Å². The van der Waals surface area contributed by atoms with Gasteiger partial charge in [0.15, 0.2) is 11.5 Å². The molecule has 1 N–H and O–H groups in total. The van der Waals surface area contributed by atoms with Crippen molar-refractivity contribution in [3.63, 3.8) is 0 Å². The zero-order chi connectivity index (χ0) is 18.2. The maximum absolute atomic E-state index is 12.5. The van der Waals surface area contributed by atoms with Crippen LogP contribution in [0, 0.1) is 11.3 Å². The predicted octanol–water partition coefficient (Wildman–Crippen LogP) is 4.56. The molecule has 0 fully saturated rings. The van der Waals surface area contributed by atoms with Crippen LogP contribution in [0.3, 0.4) is 0 Å². The monoisotopic (exact) mass is 402 g/mol. The van der Waals surface area contributed by atoms with Gasteiger partial charge >= 0.3 is 0 Å². The van der Waals surface area contributed by atoms with Gasteiger partial charge in [-0.1, -0.05) is 19.1 Å². The lowest BCUT2D eigenvalue weighted by Crippen LogP contribution is -2.12. The van der Waals surface area contributed by atoms with Crippen molar-refractivity contribution in [2.45, 2.75) is 19.8 Å². The largest absolute Gasteiger partial charge is 0.493 e. The summed E-state index contributed by atoms with van der Waals surface area (Å²) in [6.45, 7) is 2.58. The quantitative estimate of drug-likeness (QED) is 0.736. The molecule has 25 heavy (non-hydrogen) atoms. The standard InChI is InChI=1S/C19H19BrN2O3/c1-3-10-25-18-16(20)11-14(12-17(18)24-2)19(23)22-15-6-4-13(5-7-15)8-9-21/h4-7,11-12H,3,8,10H2,1-2H3,(H,22,23). The molecule has 6 heteroatoms. The number of nitrogens with one attached hydrogen (secondary N) is 1. The molecule has 0 heterocycles. The second kappa shape index (κ2) is 9.09. The smallest absolute Gasteiger partial charge is 0.255 e. The van der Waals surface area contributed by atoms with Crippen molar-refractivity contribution >= 4 is 27.5 Å². The van der Waals surface area contributed by atoms with Crippen LogP contribution in [0.4, 0.5) is 5.69 Å². The molecule has 130 valence electrons. The highest BCUT2D eigenvalue weighted by molar-refractivity contribution is 9.10. The summed E-state index contributed by atoms with van der Waals surface area (Å²) in [4.78, 5) is 12.5. The molecule has 0 saturated carbocycles. The lowest BCUT2D eigenvalue weighted by molar-refractivity contribution is 0.102. The number of nitrogens with zero attached hydrogens (tertiary/aromatic N) is 1.